The van der Waals surface area contributed by atoms with Gasteiger partial charge in [0.1, 0.15) is 0 Å². The molecule has 2 heterocycles. The van der Waals surface area contributed by atoms with Crippen molar-refractivity contribution in [2.75, 3.05) is 33.2 Å². The van der Waals surface area contributed by atoms with E-state index in [9.17, 15) is 4.79 Å². The van der Waals surface area contributed by atoms with E-state index < -0.39 is 0 Å². The number of amides is 1. The van der Waals surface area contributed by atoms with E-state index in [0.29, 0.717) is 24.7 Å². The summed E-state index contributed by atoms with van der Waals surface area (Å²) in [6, 6.07) is 0. The van der Waals surface area contributed by atoms with Gasteiger partial charge in [0.25, 0.3) is 5.91 Å². The first-order valence-corrected chi connectivity index (χ1v) is 6.76. The third kappa shape index (κ3) is 4.00. The van der Waals surface area contributed by atoms with Crippen LogP contribution in [0.3, 0.4) is 0 Å². The van der Waals surface area contributed by atoms with Crippen molar-refractivity contribution in [3.63, 3.8) is 0 Å². The maximum Gasteiger partial charge on any atom is 0.273 e. The number of nitrogens with zero attached hydrogens (tertiary/aromatic N) is 4. The molecule has 0 aromatic carbocycles. The third-order valence-electron chi connectivity index (χ3n) is 3.52. The fourth-order valence-corrected chi connectivity index (χ4v) is 2.24. The van der Waals surface area contributed by atoms with E-state index in [1.807, 2.05) is 0 Å². The Kier molecular flexibility index (Phi) is 4.86. The van der Waals surface area contributed by atoms with Crippen LogP contribution >= 0.6 is 0 Å². The van der Waals surface area contributed by atoms with Gasteiger partial charge in [-0.25, -0.2) is 0 Å². The summed E-state index contributed by atoms with van der Waals surface area (Å²) < 4.78 is 1.59. The first kappa shape index (κ1) is 14.0. The average molecular weight is 266 g/mol. The number of carbonyl (C=O) groups is 1. The van der Waals surface area contributed by atoms with Crippen LogP contribution in [-0.2, 0) is 6.54 Å². The van der Waals surface area contributed by atoms with Crippen LogP contribution in [0.2, 0.25) is 0 Å². The van der Waals surface area contributed by atoms with Gasteiger partial charge in [-0.1, -0.05) is 5.21 Å². The standard InChI is InChI=1S/C12H22N6O/c1-17-5-2-10(3-6-17)8-14-12(19)11-9-18(7-4-13)16-15-11/h9-10H,2-8,13H2,1H3,(H,14,19). The van der Waals surface area contributed by atoms with Crippen LogP contribution < -0.4 is 11.1 Å². The molecule has 2 rings (SSSR count). The van der Waals surface area contributed by atoms with Gasteiger partial charge < -0.3 is 16.0 Å². The van der Waals surface area contributed by atoms with Crippen molar-refractivity contribution in [1.82, 2.24) is 25.2 Å². The van der Waals surface area contributed by atoms with Gasteiger partial charge >= 0.3 is 0 Å². The van der Waals surface area contributed by atoms with Crippen molar-refractivity contribution in [2.24, 2.45) is 11.7 Å². The second-order valence-electron chi connectivity index (χ2n) is 5.11. The Labute approximate surface area is 113 Å². The SMILES string of the molecule is CN1CCC(CNC(=O)c2cn(CCN)nn2)CC1. The maximum absolute atomic E-state index is 11.9. The summed E-state index contributed by atoms with van der Waals surface area (Å²) in [6.45, 7) is 3.99. The topological polar surface area (TPSA) is 89.1 Å². The molecule has 1 aromatic heterocycles. The largest absolute Gasteiger partial charge is 0.350 e. The van der Waals surface area contributed by atoms with Crippen LogP contribution in [0.15, 0.2) is 6.20 Å². The summed E-state index contributed by atoms with van der Waals surface area (Å²) in [5.41, 5.74) is 5.78. The molecule has 1 aliphatic heterocycles. The summed E-state index contributed by atoms with van der Waals surface area (Å²) in [5.74, 6) is 0.418. The molecule has 1 saturated heterocycles. The molecule has 3 N–H and O–H groups in total. The maximum atomic E-state index is 11.9. The van der Waals surface area contributed by atoms with Gasteiger partial charge in [0.2, 0.25) is 0 Å². The highest BCUT2D eigenvalue weighted by Crippen LogP contribution is 2.14. The van der Waals surface area contributed by atoms with E-state index in [2.05, 4.69) is 27.6 Å². The number of piperidine rings is 1. The smallest absolute Gasteiger partial charge is 0.273 e. The molecule has 0 bridgehead atoms. The normalized spacial score (nSPS) is 17.6. The number of rotatable bonds is 5. The number of aromatic nitrogens is 3. The van der Waals surface area contributed by atoms with Gasteiger partial charge in [-0.2, -0.15) is 0 Å². The highest BCUT2D eigenvalue weighted by molar-refractivity contribution is 5.91. The monoisotopic (exact) mass is 266 g/mol. The molecule has 0 spiro atoms. The Bertz CT molecular complexity index is 410. The number of nitrogens with one attached hydrogen (secondary N) is 1. The molecule has 0 radical (unpaired) electrons. The van der Waals surface area contributed by atoms with Crippen LogP contribution in [-0.4, -0.2) is 59.0 Å². The third-order valence-corrected chi connectivity index (χ3v) is 3.52. The number of hydrogen-bond donors (Lipinski definition) is 2. The van der Waals surface area contributed by atoms with Crippen LogP contribution in [0.5, 0.6) is 0 Å². The minimum Gasteiger partial charge on any atom is -0.350 e. The minimum absolute atomic E-state index is 0.151. The molecule has 0 aliphatic carbocycles. The fraction of sp³-hybridized carbons (Fsp3) is 0.750. The van der Waals surface area contributed by atoms with Crippen molar-refractivity contribution in [1.29, 1.82) is 0 Å². The molecule has 1 aliphatic rings. The summed E-state index contributed by atoms with van der Waals surface area (Å²) >= 11 is 0. The number of likely N-dealkylation sites (tertiary alicyclic amines) is 1. The van der Waals surface area contributed by atoms with Gasteiger partial charge in [-0.15, -0.1) is 5.10 Å². The second kappa shape index (κ2) is 6.63. The predicted octanol–water partition coefficient (Wildman–Crippen LogP) is -0.692. The molecule has 1 aromatic rings. The molecule has 1 fully saturated rings. The molecule has 19 heavy (non-hydrogen) atoms. The van der Waals surface area contributed by atoms with Crippen molar-refractivity contribution in [3.05, 3.63) is 11.9 Å². The molecule has 1 amide bonds. The molecular weight excluding hydrogens is 244 g/mol. The molecule has 0 atom stereocenters. The minimum atomic E-state index is -0.151. The number of hydrogen-bond acceptors (Lipinski definition) is 5. The number of nitrogens with two attached hydrogens (primary N) is 1. The van der Waals surface area contributed by atoms with E-state index in [-0.39, 0.29) is 5.91 Å². The van der Waals surface area contributed by atoms with Gasteiger partial charge in [0, 0.05) is 13.1 Å². The van der Waals surface area contributed by atoms with E-state index >= 15 is 0 Å². The highest BCUT2D eigenvalue weighted by Gasteiger charge is 2.18. The quantitative estimate of drug-likeness (QED) is 0.736. The lowest BCUT2D eigenvalue weighted by molar-refractivity contribution is 0.0934. The summed E-state index contributed by atoms with van der Waals surface area (Å²) in [4.78, 5) is 14.2. The lowest BCUT2D eigenvalue weighted by Crippen LogP contribution is -2.37. The molecule has 0 unspecified atom stereocenters. The van der Waals surface area contributed by atoms with Crippen LogP contribution in [0.1, 0.15) is 23.3 Å². The zero-order valence-electron chi connectivity index (χ0n) is 11.4. The van der Waals surface area contributed by atoms with Crippen LogP contribution in [0.4, 0.5) is 0 Å². The van der Waals surface area contributed by atoms with Gasteiger partial charge in [0.05, 0.1) is 12.7 Å². The summed E-state index contributed by atoms with van der Waals surface area (Å²) in [6.07, 6.45) is 3.91. The van der Waals surface area contributed by atoms with E-state index in [0.717, 1.165) is 32.5 Å². The lowest BCUT2D eigenvalue weighted by Gasteiger charge is -2.28. The summed E-state index contributed by atoms with van der Waals surface area (Å²) in [5, 5.41) is 10.6. The van der Waals surface area contributed by atoms with E-state index in [4.69, 9.17) is 5.73 Å². The zero-order chi connectivity index (χ0) is 13.7. The van der Waals surface area contributed by atoms with E-state index in [1.54, 1.807) is 10.9 Å². The van der Waals surface area contributed by atoms with Crippen molar-refractivity contribution >= 4 is 5.91 Å². The Morgan fingerprint density at radius 1 is 1.53 bits per heavy atom. The Morgan fingerprint density at radius 3 is 2.95 bits per heavy atom. The Morgan fingerprint density at radius 2 is 2.26 bits per heavy atom. The van der Waals surface area contributed by atoms with Gasteiger partial charge in [-0.05, 0) is 38.9 Å². The highest BCUT2D eigenvalue weighted by atomic mass is 16.2. The van der Waals surface area contributed by atoms with Gasteiger partial charge in [0.15, 0.2) is 5.69 Å². The lowest BCUT2D eigenvalue weighted by atomic mass is 9.97. The average Bonchev–Trinajstić information content (AvgIpc) is 2.87. The van der Waals surface area contributed by atoms with Crippen molar-refractivity contribution in [3.8, 4) is 0 Å². The molecule has 7 heteroatoms. The van der Waals surface area contributed by atoms with E-state index in [1.165, 1.54) is 0 Å². The van der Waals surface area contributed by atoms with Crippen LogP contribution in [0, 0.1) is 5.92 Å². The van der Waals surface area contributed by atoms with Crippen molar-refractivity contribution in [2.45, 2.75) is 19.4 Å². The molecule has 7 nitrogen and oxygen atoms in total. The zero-order valence-corrected chi connectivity index (χ0v) is 11.4. The first-order chi connectivity index (χ1) is 9.19. The Hall–Kier alpha value is -1.47. The Balaban J connectivity index is 1.77. The first-order valence-electron chi connectivity index (χ1n) is 6.76. The van der Waals surface area contributed by atoms with Crippen molar-refractivity contribution < 1.29 is 4.79 Å². The second-order valence-corrected chi connectivity index (χ2v) is 5.11. The number of carbonyl (C=O) groups excluding carboxylic acids is 1. The summed E-state index contributed by atoms with van der Waals surface area (Å²) in [7, 11) is 2.13. The van der Waals surface area contributed by atoms with Crippen LogP contribution in [0.25, 0.3) is 0 Å². The molecule has 106 valence electrons. The molecule has 0 saturated carbocycles. The molecular formula is C12H22N6O. The van der Waals surface area contributed by atoms with Gasteiger partial charge in [-0.3, -0.25) is 9.48 Å². The fourth-order valence-electron chi connectivity index (χ4n) is 2.24. The predicted molar refractivity (Wildman–Crippen MR) is 71.6 cm³/mol.